The second kappa shape index (κ2) is 4.47. The summed E-state index contributed by atoms with van der Waals surface area (Å²) in [5.74, 6) is -1.32. The maximum atomic E-state index is 13.1. The Bertz CT molecular complexity index is 351. The van der Waals surface area contributed by atoms with E-state index < -0.39 is 17.2 Å². The zero-order chi connectivity index (χ0) is 11.6. The van der Waals surface area contributed by atoms with Crippen molar-refractivity contribution in [3.63, 3.8) is 0 Å². The lowest BCUT2D eigenvalue weighted by Gasteiger charge is -2.26. The molecule has 0 aliphatic carbocycles. The Morgan fingerprint density at radius 1 is 1.06 bits per heavy atom. The first-order valence-electron chi connectivity index (χ1n) is 5.37. The second-order valence-electron chi connectivity index (χ2n) is 4.16. The lowest BCUT2D eigenvalue weighted by atomic mass is 9.87. The molecule has 0 radical (unpaired) electrons. The van der Waals surface area contributed by atoms with Crippen LogP contribution in [0, 0.1) is 11.6 Å². The molecule has 1 unspecified atom stereocenters. The van der Waals surface area contributed by atoms with E-state index in [0.29, 0.717) is 38.0 Å². The van der Waals surface area contributed by atoms with E-state index >= 15 is 0 Å². The average molecular weight is 228 g/mol. The van der Waals surface area contributed by atoms with E-state index in [9.17, 15) is 13.9 Å². The molecule has 0 amide bonds. The van der Waals surface area contributed by atoms with Gasteiger partial charge in [-0.3, -0.25) is 0 Å². The number of aliphatic hydroxyl groups is 1. The van der Waals surface area contributed by atoms with Crippen LogP contribution in [0.25, 0.3) is 0 Å². The van der Waals surface area contributed by atoms with Crippen molar-refractivity contribution in [1.82, 2.24) is 0 Å². The molecule has 1 fully saturated rings. The van der Waals surface area contributed by atoms with Gasteiger partial charge in [0.25, 0.3) is 0 Å². The Balaban J connectivity index is 2.32. The summed E-state index contributed by atoms with van der Waals surface area (Å²) in [6.07, 6.45) is 1.53. The summed E-state index contributed by atoms with van der Waals surface area (Å²) in [7, 11) is 0. The molecular weight excluding hydrogens is 214 g/mol. The van der Waals surface area contributed by atoms with Crippen molar-refractivity contribution in [2.75, 3.05) is 13.2 Å². The van der Waals surface area contributed by atoms with Gasteiger partial charge < -0.3 is 9.84 Å². The highest BCUT2D eigenvalue weighted by atomic mass is 19.1. The van der Waals surface area contributed by atoms with Crippen molar-refractivity contribution in [2.24, 2.45) is 0 Å². The van der Waals surface area contributed by atoms with Gasteiger partial charge in [-0.15, -0.1) is 0 Å². The molecule has 2 nitrogen and oxygen atoms in total. The first kappa shape index (κ1) is 11.5. The third-order valence-corrected chi connectivity index (χ3v) is 2.94. The largest absolute Gasteiger partial charge is 0.385 e. The van der Waals surface area contributed by atoms with Crippen LogP contribution in [-0.2, 0) is 10.3 Å². The molecule has 2 rings (SSSR count). The van der Waals surface area contributed by atoms with Gasteiger partial charge in [0.2, 0.25) is 0 Å². The fourth-order valence-corrected chi connectivity index (χ4v) is 2.05. The Hall–Kier alpha value is -1.00. The molecule has 0 saturated carbocycles. The van der Waals surface area contributed by atoms with Crippen LogP contribution in [0.5, 0.6) is 0 Å². The molecule has 1 aliphatic heterocycles. The fourth-order valence-electron chi connectivity index (χ4n) is 2.05. The number of rotatable bonds is 1. The number of hydrogen-bond acceptors (Lipinski definition) is 2. The summed E-state index contributed by atoms with van der Waals surface area (Å²) < 4.78 is 31.4. The molecule has 1 aliphatic rings. The van der Waals surface area contributed by atoms with Crippen molar-refractivity contribution >= 4 is 0 Å². The first-order valence-corrected chi connectivity index (χ1v) is 5.37. The summed E-state index contributed by atoms with van der Waals surface area (Å²) >= 11 is 0. The summed E-state index contributed by atoms with van der Waals surface area (Å²) in [6.45, 7) is 0.995. The van der Waals surface area contributed by atoms with Crippen LogP contribution in [0.1, 0.15) is 24.8 Å². The third kappa shape index (κ3) is 2.39. The number of hydrogen-bond donors (Lipinski definition) is 1. The third-order valence-electron chi connectivity index (χ3n) is 2.94. The molecule has 1 aromatic rings. The molecular formula is C12H14F2O2. The van der Waals surface area contributed by atoms with Gasteiger partial charge in [0.15, 0.2) is 0 Å². The van der Waals surface area contributed by atoms with Crippen LogP contribution in [0.3, 0.4) is 0 Å². The minimum absolute atomic E-state index is 0.301. The van der Waals surface area contributed by atoms with E-state index in [2.05, 4.69) is 0 Å². The van der Waals surface area contributed by atoms with Crippen molar-refractivity contribution in [3.05, 3.63) is 35.4 Å². The van der Waals surface area contributed by atoms with Crippen molar-refractivity contribution in [2.45, 2.75) is 24.9 Å². The molecule has 0 aromatic heterocycles. The van der Waals surface area contributed by atoms with Gasteiger partial charge in [-0.2, -0.15) is 0 Å². The molecule has 1 saturated heterocycles. The van der Waals surface area contributed by atoms with Crippen molar-refractivity contribution in [1.29, 1.82) is 0 Å². The summed E-state index contributed by atoms with van der Waals surface area (Å²) in [4.78, 5) is 0. The van der Waals surface area contributed by atoms with Crippen LogP contribution in [-0.4, -0.2) is 18.3 Å². The van der Waals surface area contributed by atoms with E-state index in [4.69, 9.17) is 4.74 Å². The van der Waals surface area contributed by atoms with Gasteiger partial charge in [-0.05, 0) is 30.5 Å². The second-order valence-corrected chi connectivity index (χ2v) is 4.16. The lowest BCUT2D eigenvalue weighted by molar-refractivity contribution is 0.0138. The standard InChI is InChI=1S/C12H14F2O2/c13-10-6-9(7-11(14)8-10)12(15)2-1-4-16-5-3-12/h6-8,15H,1-5H2. The van der Waals surface area contributed by atoms with Gasteiger partial charge in [0.05, 0.1) is 5.60 Å². The summed E-state index contributed by atoms with van der Waals surface area (Å²) in [6, 6.07) is 3.18. The van der Waals surface area contributed by atoms with E-state index in [1.807, 2.05) is 0 Å². The van der Waals surface area contributed by atoms with E-state index in [1.165, 1.54) is 12.1 Å². The minimum Gasteiger partial charge on any atom is -0.385 e. The van der Waals surface area contributed by atoms with Crippen LogP contribution in [0.2, 0.25) is 0 Å². The molecule has 0 spiro atoms. The topological polar surface area (TPSA) is 29.5 Å². The highest BCUT2D eigenvalue weighted by Crippen LogP contribution is 2.32. The van der Waals surface area contributed by atoms with Gasteiger partial charge in [-0.25, -0.2) is 8.78 Å². The minimum atomic E-state index is -1.17. The van der Waals surface area contributed by atoms with Gasteiger partial charge >= 0.3 is 0 Å². The van der Waals surface area contributed by atoms with Crippen LogP contribution >= 0.6 is 0 Å². The Morgan fingerprint density at radius 3 is 2.44 bits per heavy atom. The zero-order valence-corrected chi connectivity index (χ0v) is 8.88. The van der Waals surface area contributed by atoms with Gasteiger partial charge in [-0.1, -0.05) is 0 Å². The quantitative estimate of drug-likeness (QED) is 0.799. The highest BCUT2D eigenvalue weighted by molar-refractivity contribution is 5.24. The number of benzene rings is 1. The SMILES string of the molecule is OC1(c2cc(F)cc(F)c2)CCCOCC1. The maximum Gasteiger partial charge on any atom is 0.126 e. The molecule has 1 atom stereocenters. The van der Waals surface area contributed by atoms with Crippen molar-refractivity contribution < 1.29 is 18.6 Å². The predicted molar refractivity (Wildman–Crippen MR) is 54.9 cm³/mol. The van der Waals surface area contributed by atoms with Crippen LogP contribution in [0.15, 0.2) is 18.2 Å². The smallest absolute Gasteiger partial charge is 0.126 e. The Labute approximate surface area is 92.9 Å². The van der Waals surface area contributed by atoms with Gasteiger partial charge in [0, 0.05) is 25.7 Å². The molecule has 1 heterocycles. The predicted octanol–water partition coefficient (Wildman–Crippen LogP) is 2.35. The molecule has 0 bridgehead atoms. The van der Waals surface area contributed by atoms with E-state index in [0.717, 1.165) is 6.07 Å². The Kier molecular flexibility index (Phi) is 3.21. The maximum absolute atomic E-state index is 13.1. The van der Waals surface area contributed by atoms with Crippen molar-refractivity contribution in [3.8, 4) is 0 Å². The Morgan fingerprint density at radius 2 is 1.75 bits per heavy atom. The summed E-state index contributed by atoms with van der Waals surface area (Å²) in [5.41, 5.74) is -0.866. The molecule has 1 N–H and O–H groups in total. The highest BCUT2D eigenvalue weighted by Gasteiger charge is 2.31. The summed E-state index contributed by atoms with van der Waals surface area (Å²) in [5, 5.41) is 10.4. The van der Waals surface area contributed by atoms with Crippen LogP contribution < -0.4 is 0 Å². The zero-order valence-electron chi connectivity index (χ0n) is 8.88. The monoisotopic (exact) mass is 228 g/mol. The number of ether oxygens (including phenoxy) is 1. The van der Waals surface area contributed by atoms with Gasteiger partial charge in [0.1, 0.15) is 11.6 Å². The fraction of sp³-hybridized carbons (Fsp3) is 0.500. The molecule has 16 heavy (non-hydrogen) atoms. The lowest BCUT2D eigenvalue weighted by Crippen LogP contribution is -2.26. The molecule has 4 heteroatoms. The molecule has 88 valence electrons. The normalized spacial score (nSPS) is 26.4. The first-order chi connectivity index (χ1) is 7.60. The van der Waals surface area contributed by atoms with E-state index in [-0.39, 0.29) is 0 Å². The van der Waals surface area contributed by atoms with Crippen LogP contribution in [0.4, 0.5) is 8.78 Å². The average Bonchev–Trinajstić information content (AvgIpc) is 2.43. The molecule has 1 aromatic carbocycles. The number of halogens is 2. The van der Waals surface area contributed by atoms with E-state index in [1.54, 1.807) is 0 Å².